The van der Waals surface area contributed by atoms with Crippen LogP contribution >= 0.6 is 0 Å². The number of carbonyl (C=O) groups is 2. The van der Waals surface area contributed by atoms with E-state index in [2.05, 4.69) is 5.32 Å². The molecule has 1 unspecified atom stereocenters. The number of carbonyl (C=O) groups excluding carboxylic acids is 2. The first-order valence-electron chi connectivity index (χ1n) is 9.55. The summed E-state index contributed by atoms with van der Waals surface area (Å²) in [7, 11) is 0. The number of ether oxygens (including phenoxy) is 1. The third-order valence-corrected chi connectivity index (χ3v) is 4.62. The third kappa shape index (κ3) is 5.72. The van der Waals surface area contributed by atoms with Crippen LogP contribution in [0.1, 0.15) is 34.0 Å². The molecule has 7 heteroatoms. The molecule has 0 radical (unpaired) electrons. The Hall–Kier alpha value is -3.61. The van der Waals surface area contributed by atoms with Crippen LogP contribution < -0.4 is 5.32 Å². The number of nitrogens with one attached hydrogen (secondary N) is 1. The fraction of sp³-hybridized carbons (Fsp3) is 0.167. The van der Waals surface area contributed by atoms with E-state index >= 15 is 0 Å². The van der Waals surface area contributed by atoms with Gasteiger partial charge in [0.1, 0.15) is 0 Å². The van der Waals surface area contributed by atoms with E-state index in [9.17, 15) is 22.8 Å². The van der Waals surface area contributed by atoms with Gasteiger partial charge in [0.05, 0.1) is 16.8 Å². The lowest BCUT2D eigenvalue weighted by molar-refractivity contribution is -0.137. The molecule has 0 aliphatic rings. The van der Waals surface area contributed by atoms with Gasteiger partial charge in [-0.15, -0.1) is 0 Å². The zero-order valence-corrected chi connectivity index (χ0v) is 16.6. The van der Waals surface area contributed by atoms with Gasteiger partial charge in [0.15, 0.2) is 6.10 Å². The molecule has 160 valence electrons. The predicted octanol–water partition coefficient (Wildman–Crippen LogP) is 5.48. The van der Waals surface area contributed by atoms with Crippen LogP contribution in [0.2, 0.25) is 0 Å². The van der Waals surface area contributed by atoms with Gasteiger partial charge >= 0.3 is 12.1 Å². The molecule has 1 atom stereocenters. The van der Waals surface area contributed by atoms with Gasteiger partial charge in [0.25, 0.3) is 5.91 Å². The SMILES string of the molecule is CC(OC(=O)c1ccccc1Cc1ccccc1)C(=O)Nc1ccccc1C(F)(F)F. The number of esters is 1. The number of hydrogen-bond donors (Lipinski definition) is 1. The van der Waals surface area contributed by atoms with Crippen LogP contribution in [0.15, 0.2) is 78.9 Å². The van der Waals surface area contributed by atoms with Crippen molar-refractivity contribution in [2.75, 3.05) is 5.32 Å². The van der Waals surface area contributed by atoms with Gasteiger partial charge in [-0.05, 0) is 42.7 Å². The first kappa shape index (κ1) is 22.1. The highest BCUT2D eigenvalue weighted by molar-refractivity contribution is 5.98. The molecule has 4 nitrogen and oxygen atoms in total. The first-order chi connectivity index (χ1) is 14.8. The summed E-state index contributed by atoms with van der Waals surface area (Å²) in [4.78, 5) is 25.0. The zero-order valence-electron chi connectivity index (χ0n) is 16.6. The van der Waals surface area contributed by atoms with Crippen LogP contribution in [0.3, 0.4) is 0 Å². The van der Waals surface area contributed by atoms with Gasteiger partial charge in [0.2, 0.25) is 0 Å². The number of alkyl halides is 3. The molecule has 0 spiro atoms. The van der Waals surface area contributed by atoms with Crippen molar-refractivity contribution in [1.29, 1.82) is 0 Å². The molecule has 0 aliphatic heterocycles. The minimum atomic E-state index is -4.62. The lowest BCUT2D eigenvalue weighted by Gasteiger charge is -2.17. The fourth-order valence-electron chi connectivity index (χ4n) is 3.04. The van der Waals surface area contributed by atoms with Gasteiger partial charge in [-0.2, -0.15) is 13.2 Å². The summed E-state index contributed by atoms with van der Waals surface area (Å²) < 4.78 is 44.6. The summed E-state index contributed by atoms with van der Waals surface area (Å²) in [6.07, 6.45) is -5.43. The van der Waals surface area contributed by atoms with Crippen LogP contribution in [0.5, 0.6) is 0 Å². The highest BCUT2D eigenvalue weighted by Crippen LogP contribution is 2.34. The van der Waals surface area contributed by atoms with Crippen molar-refractivity contribution in [3.63, 3.8) is 0 Å². The van der Waals surface area contributed by atoms with E-state index in [1.54, 1.807) is 24.3 Å². The maximum atomic E-state index is 13.1. The van der Waals surface area contributed by atoms with E-state index in [0.29, 0.717) is 17.5 Å². The fourth-order valence-corrected chi connectivity index (χ4v) is 3.04. The van der Waals surface area contributed by atoms with E-state index in [1.165, 1.54) is 19.1 Å². The Morgan fingerprint density at radius 3 is 2.23 bits per heavy atom. The Morgan fingerprint density at radius 2 is 1.52 bits per heavy atom. The molecule has 1 N–H and O–H groups in total. The summed E-state index contributed by atoms with van der Waals surface area (Å²) in [5, 5.41) is 2.19. The van der Waals surface area contributed by atoms with Gasteiger partial charge in [-0.3, -0.25) is 4.79 Å². The predicted molar refractivity (Wildman–Crippen MR) is 111 cm³/mol. The molecule has 0 aromatic heterocycles. The molecule has 0 aliphatic carbocycles. The Kier molecular flexibility index (Phi) is 6.74. The van der Waals surface area contributed by atoms with E-state index in [0.717, 1.165) is 17.7 Å². The van der Waals surface area contributed by atoms with E-state index < -0.39 is 35.4 Å². The molecular weight excluding hydrogens is 407 g/mol. The average Bonchev–Trinajstić information content (AvgIpc) is 2.74. The van der Waals surface area contributed by atoms with E-state index in [-0.39, 0.29) is 0 Å². The van der Waals surface area contributed by atoms with Gasteiger partial charge in [0, 0.05) is 0 Å². The molecule has 31 heavy (non-hydrogen) atoms. The van der Waals surface area contributed by atoms with Crippen molar-refractivity contribution in [2.45, 2.75) is 25.6 Å². The Balaban J connectivity index is 1.71. The van der Waals surface area contributed by atoms with Gasteiger partial charge in [-0.25, -0.2) is 4.79 Å². The van der Waals surface area contributed by atoms with Crippen LogP contribution in [-0.2, 0) is 22.1 Å². The minimum Gasteiger partial charge on any atom is -0.449 e. The molecule has 1 amide bonds. The lowest BCUT2D eigenvalue weighted by atomic mass is 10.00. The maximum absolute atomic E-state index is 13.1. The summed E-state index contributed by atoms with van der Waals surface area (Å²) >= 11 is 0. The minimum absolute atomic E-state index is 0.293. The second kappa shape index (κ2) is 9.47. The van der Waals surface area contributed by atoms with Crippen molar-refractivity contribution < 1.29 is 27.5 Å². The highest BCUT2D eigenvalue weighted by atomic mass is 19.4. The van der Waals surface area contributed by atoms with Crippen molar-refractivity contribution in [1.82, 2.24) is 0 Å². The van der Waals surface area contributed by atoms with Crippen molar-refractivity contribution in [3.05, 3.63) is 101 Å². The van der Waals surface area contributed by atoms with E-state index in [1.807, 2.05) is 30.3 Å². The second-order valence-electron chi connectivity index (χ2n) is 6.90. The molecular formula is C24H20F3NO3. The Bertz CT molecular complexity index is 1060. The van der Waals surface area contributed by atoms with Gasteiger partial charge in [-0.1, -0.05) is 60.7 Å². The standard InChI is InChI=1S/C24H20F3NO3/c1-16(22(29)28-21-14-8-7-13-20(21)24(25,26)27)31-23(30)19-12-6-5-11-18(19)15-17-9-3-2-4-10-17/h2-14,16H,15H2,1H3,(H,28,29). The number of rotatable bonds is 6. The van der Waals surface area contributed by atoms with Crippen molar-refractivity contribution in [3.8, 4) is 0 Å². The molecule has 3 aromatic carbocycles. The number of anilines is 1. The van der Waals surface area contributed by atoms with Crippen LogP contribution in [0, 0.1) is 0 Å². The number of halogens is 3. The number of amides is 1. The molecule has 3 rings (SSSR count). The van der Waals surface area contributed by atoms with Crippen LogP contribution in [-0.4, -0.2) is 18.0 Å². The van der Waals surface area contributed by atoms with Crippen molar-refractivity contribution >= 4 is 17.6 Å². The topological polar surface area (TPSA) is 55.4 Å². The summed E-state index contributed by atoms with van der Waals surface area (Å²) in [5.41, 5.74) is 0.634. The first-order valence-corrected chi connectivity index (χ1v) is 9.55. The summed E-state index contributed by atoms with van der Waals surface area (Å²) in [5.74, 6) is -1.58. The molecule has 0 saturated heterocycles. The largest absolute Gasteiger partial charge is 0.449 e. The summed E-state index contributed by atoms with van der Waals surface area (Å²) in [6.45, 7) is 1.31. The monoisotopic (exact) mass is 427 g/mol. The Morgan fingerprint density at radius 1 is 0.903 bits per heavy atom. The average molecular weight is 427 g/mol. The zero-order chi connectivity index (χ0) is 22.4. The normalized spacial score (nSPS) is 12.1. The molecule has 0 fully saturated rings. The van der Waals surface area contributed by atoms with Crippen LogP contribution in [0.25, 0.3) is 0 Å². The second-order valence-corrected chi connectivity index (χ2v) is 6.90. The van der Waals surface area contributed by atoms with Crippen molar-refractivity contribution in [2.24, 2.45) is 0 Å². The quantitative estimate of drug-likeness (QED) is 0.530. The Labute approximate surface area is 177 Å². The smallest absolute Gasteiger partial charge is 0.418 e. The third-order valence-electron chi connectivity index (χ3n) is 4.62. The van der Waals surface area contributed by atoms with Crippen LogP contribution in [0.4, 0.5) is 18.9 Å². The number of hydrogen-bond acceptors (Lipinski definition) is 3. The highest BCUT2D eigenvalue weighted by Gasteiger charge is 2.34. The molecule has 0 saturated carbocycles. The van der Waals surface area contributed by atoms with Gasteiger partial charge < -0.3 is 10.1 Å². The summed E-state index contributed by atoms with van der Waals surface area (Å²) in [6, 6.07) is 21.0. The van der Waals surface area contributed by atoms with E-state index in [4.69, 9.17) is 4.74 Å². The maximum Gasteiger partial charge on any atom is 0.418 e. The number of benzene rings is 3. The lowest BCUT2D eigenvalue weighted by Crippen LogP contribution is -2.31. The molecule has 3 aromatic rings. The molecule has 0 heterocycles. The molecule has 0 bridgehead atoms. The number of para-hydroxylation sites is 1.